The molecule has 0 heterocycles. The molecule has 0 fully saturated rings. The molecule has 2 rings (SSSR count). The largest absolute Gasteiger partial charge is 0.322 e. The Hall–Kier alpha value is -1.80. The fourth-order valence-electron chi connectivity index (χ4n) is 2.06. The van der Waals surface area contributed by atoms with E-state index in [1.165, 1.54) is 5.56 Å². The topological polar surface area (TPSA) is 29.1 Å². The smallest absolute Gasteiger partial charge is 0.255 e. The number of amides is 1. The molecule has 2 nitrogen and oxygen atoms in total. The van der Waals surface area contributed by atoms with Crippen molar-refractivity contribution in [2.24, 2.45) is 0 Å². The molecule has 1 N–H and O–H groups in total. The van der Waals surface area contributed by atoms with Crippen molar-refractivity contribution in [1.29, 1.82) is 0 Å². The highest BCUT2D eigenvalue weighted by Crippen LogP contribution is 2.25. The number of carbonyl (C=O) groups excluding carboxylic acids is 1. The third kappa shape index (κ3) is 3.64. The minimum atomic E-state index is -0.124. The number of anilines is 1. The first kappa shape index (κ1) is 15.6. The lowest BCUT2D eigenvalue weighted by molar-refractivity contribution is 0.102. The highest BCUT2D eigenvalue weighted by molar-refractivity contribution is 6.31. The zero-order valence-corrected chi connectivity index (χ0v) is 13.6. The Morgan fingerprint density at radius 2 is 1.67 bits per heavy atom. The lowest BCUT2D eigenvalue weighted by Gasteiger charge is -2.19. The first-order chi connectivity index (χ1) is 9.79. The summed E-state index contributed by atoms with van der Waals surface area (Å²) in [5, 5.41) is 3.55. The predicted molar refractivity (Wildman–Crippen MR) is 89.3 cm³/mol. The van der Waals surface area contributed by atoms with E-state index in [9.17, 15) is 4.79 Å². The fourth-order valence-corrected chi connectivity index (χ4v) is 2.23. The summed E-state index contributed by atoms with van der Waals surface area (Å²) in [7, 11) is 0. The van der Waals surface area contributed by atoms with Crippen molar-refractivity contribution < 1.29 is 4.79 Å². The van der Waals surface area contributed by atoms with Crippen LogP contribution in [-0.4, -0.2) is 5.91 Å². The molecule has 0 spiro atoms. The number of hydrogen-bond acceptors (Lipinski definition) is 1. The van der Waals surface area contributed by atoms with Gasteiger partial charge in [0.1, 0.15) is 0 Å². The SMILES string of the molecule is Cc1c(Cl)cccc1NC(=O)c1ccc(C(C)(C)C)cc1. The van der Waals surface area contributed by atoms with Crippen molar-refractivity contribution in [2.75, 3.05) is 5.32 Å². The zero-order valence-electron chi connectivity index (χ0n) is 12.8. The van der Waals surface area contributed by atoms with Crippen LogP contribution in [0.5, 0.6) is 0 Å². The van der Waals surface area contributed by atoms with Gasteiger partial charge in [-0.1, -0.05) is 50.6 Å². The van der Waals surface area contributed by atoms with Gasteiger partial charge in [-0.3, -0.25) is 4.79 Å². The Labute approximate surface area is 131 Å². The minimum absolute atomic E-state index is 0.0819. The van der Waals surface area contributed by atoms with Crippen LogP contribution in [0.15, 0.2) is 42.5 Å². The molecular formula is C18H20ClNO. The highest BCUT2D eigenvalue weighted by atomic mass is 35.5. The second-order valence-electron chi connectivity index (χ2n) is 6.19. The first-order valence-corrected chi connectivity index (χ1v) is 7.34. The van der Waals surface area contributed by atoms with Crippen molar-refractivity contribution in [1.82, 2.24) is 0 Å². The summed E-state index contributed by atoms with van der Waals surface area (Å²) in [5.41, 5.74) is 3.55. The number of carbonyl (C=O) groups is 1. The molecule has 0 saturated carbocycles. The van der Waals surface area contributed by atoms with Gasteiger partial charge in [0.25, 0.3) is 5.91 Å². The van der Waals surface area contributed by atoms with E-state index < -0.39 is 0 Å². The molecule has 0 unspecified atom stereocenters. The third-order valence-corrected chi connectivity index (χ3v) is 3.94. The van der Waals surface area contributed by atoms with Gasteiger partial charge in [-0.2, -0.15) is 0 Å². The molecule has 21 heavy (non-hydrogen) atoms. The molecule has 2 aromatic rings. The molecule has 0 aliphatic carbocycles. The van der Waals surface area contributed by atoms with Crippen LogP contribution >= 0.6 is 11.6 Å². The lowest BCUT2D eigenvalue weighted by Crippen LogP contribution is -2.14. The molecule has 3 heteroatoms. The van der Waals surface area contributed by atoms with E-state index in [0.29, 0.717) is 10.6 Å². The van der Waals surface area contributed by atoms with Gasteiger partial charge in [-0.15, -0.1) is 0 Å². The maximum atomic E-state index is 12.3. The number of nitrogens with one attached hydrogen (secondary N) is 1. The minimum Gasteiger partial charge on any atom is -0.322 e. The molecule has 0 saturated heterocycles. The zero-order chi connectivity index (χ0) is 15.6. The fraction of sp³-hybridized carbons (Fsp3) is 0.278. The number of benzene rings is 2. The van der Waals surface area contributed by atoms with E-state index in [-0.39, 0.29) is 11.3 Å². The summed E-state index contributed by atoms with van der Waals surface area (Å²) in [6.07, 6.45) is 0. The van der Waals surface area contributed by atoms with E-state index >= 15 is 0 Å². The van der Waals surface area contributed by atoms with Gasteiger partial charge < -0.3 is 5.32 Å². The van der Waals surface area contributed by atoms with E-state index in [1.54, 1.807) is 0 Å². The average Bonchev–Trinajstić information content (AvgIpc) is 2.43. The van der Waals surface area contributed by atoms with Crippen LogP contribution < -0.4 is 5.32 Å². The van der Waals surface area contributed by atoms with Gasteiger partial charge in [-0.25, -0.2) is 0 Å². The van der Waals surface area contributed by atoms with E-state index in [4.69, 9.17) is 11.6 Å². The van der Waals surface area contributed by atoms with E-state index in [1.807, 2.05) is 49.4 Å². The Morgan fingerprint density at radius 3 is 2.24 bits per heavy atom. The Kier molecular flexibility index (Phi) is 4.38. The normalized spacial score (nSPS) is 11.3. The molecule has 0 aromatic heterocycles. The molecule has 0 bridgehead atoms. The van der Waals surface area contributed by atoms with Gasteiger partial charge in [0, 0.05) is 16.3 Å². The van der Waals surface area contributed by atoms with E-state index in [0.717, 1.165) is 11.3 Å². The van der Waals surface area contributed by atoms with Gasteiger partial charge in [0.2, 0.25) is 0 Å². The van der Waals surface area contributed by atoms with Crippen LogP contribution in [-0.2, 0) is 5.41 Å². The van der Waals surface area contributed by atoms with Crippen molar-refractivity contribution >= 4 is 23.2 Å². The molecule has 1 amide bonds. The summed E-state index contributed by atoms with van der Waals surface area (Å²) in [6.45, 7) is 8.34. The molecule has 0 atom stereocenters. The van der Waals surface area contributed by atoms with Gasteiger partial charge >= 0.3 is 0 Å². The van der Waals surface area contributed by atoms with Crippen molar-refractivity contribution in [3.8, 4) is 0 Å². The van der Waals surface area contributed by atoms with Crippen LogP contribution in [0.1, 0.15) is 42.3 Å². The second kappa shape index (κ2) is 5.90. The van der Waals surface area contributed by atoms with Crippen LogP contribution in [0.25, 0.3) is 0 Å². The first-order valence-electron chi connectivity index (χ1n) is 6.96. The van der Waals surface area contributed by atoms with E-state index in [2.05, 4.69) is 26.1 Å². The third-order valence-electron chi connectivity index (χ3n) is 3.53. The van der Waals surface area contributed by atoms with Crippen molar-refractivity contribution in [2.45, 2.75) is 33.1 Å². The number of halogens is 1. The summed E-state index contributed by atoms with van der Waals surface area (Å²) in [6, 6.07) is 13.2. The molecule has 110 valence electrons. The average molecular weight is 302 g/mol. The van der Waals surface area contributed by atoms with Crippen LogP contribution in [0.3, 0.4) is 0 Å². The van der Waals surface area contributed by atoms with Crippen molar-refractivity contribution in [3.63, 3.8) is 0 Å². The quantitative estimate of drug-likeness (QED) is 0.811. The molecule has 0 aliphatic heterocycles. The number of hydrogen-bond donors (Lipinski definition) is 1. The number of rotatable bonds is 2. The maximum Gasteiger partial charge on any atom is 0.255 e. The van der Waals surface area contributed by atoms with Gasteiger partial charge in [0.15, 0.2) is 0 Å². The van der Waals surface area contributed by atoms with Gasteiger partial charge in [0.05, 0.1) is 0 Å². The standard InChI is InChI=1S/C18H20ClNO/c1-12-15(19)6-5-7-16(12)20-17(21)13-8-10-14(11-9-13)18(2,3)4/h5-11H,1-4H3,(H,20,21). The van der Waals surface area contributed by atoms with Crippen molar-refractivity contribution in [3.05, 3.63) is 64.2 Å². The molecular weight excluding hydrogens is 282 g/mol. The van der Waals surface area contributed by atoms with Gasteiger partial charge in [-0.05, 0) is 47.7 Å². The molecule has 0 radical (unpaired) electrons. The summed E-state index contributed by atoms with van der Waals surface area (Å²) >= 11 is 6.06. The molecule has 2 aromatic carbocycles. The highest BCUT2D eigenvalue weighted by Gasteiger charge is 2.14. The Balaban J connectivity index is 2.19. The Morgan fingerprint density at radius 1 is 1.05 bits per heavy atom. The summed E-state index contributed by atoms with van der Waals surface area (Å²) in [5.74, 6) is -0.124. The summed E-state index contributed by atoms with van der Waals surface area (Å²) in [4.78, 5) is 12.3. The summed E-state index contributed by atoms with van der Waals surface area (Å²) < 4.78 is 0. The maximum absolute atomic E-state index is 12.3. The Bertz CT molecular complexity index is 654. The monoisotopic (exact) mass is 301 g/mol. The lowest BCUT2D eigenvalue weighted by atomic mass is 9.87. The van der Waals surface area contributed by atoms with Crippen LogP contribution in [0.2, 0.25) is 5.02 Å². The van der Waals surface area contributed by atoms with Crippen LogP contribution in [0, 0.1) is 6.92 Å². The predicted octanol–water partition coefficient (Wildman–Crippen LogP) is 5.20. The second-order valence-corrected chi connectivity index (χ2v) is 6.60. The molecule has 0 aliphatic rings. The van der Waals surface area contributed by atoms with Crippen LogP contribution in [0.4, 0.5) is 5.69 Å².